The molecule has 6 nitrogen and oxygen atoms in total. The van der Waals surface area contributed by atoms with E-state index in [-0.39, 0.29) is 13.0 Å². The van der Waals surface area contributed by atoms with E-state index in [4.69, 9.17) is 0 Å². The van der Waals surface area contributed by atoms with Crippen LogP contribution in [0.15, 0.2) is 24.3 Å². The predicted molar refractivity (Wildman–Crippen MR) is 94.1 cm³/mol. The molecule has 0 amide bonds. The Morgan fingerprint density at radius 3 is 2.85 bits per heavy atom. The Morgan fingerprint density at radius 2 is 2.23 bits per heavy atom. The van der Waals surface area contributed by atoms with Gasteiger partial charge >= 0.3 is 5.97 Å². The molecule has 3 rings (SSSR count). The smallest absolute Gasteiger partial charge is 0.313 e. The number of aromatic amines is 1. The fourth-order valence-electron chi connectivity index (χ4n) is 3.80. The van der Waals surface area contributed by atoms with Gasteiger partial charge in [-0.1, -0.05) is 12.1 Å². The van der Waals surface area contributed by atoms with E-state index in [2.05, 4.69) is 10.2 Å². The molecule has 0 bridgehead atoms. The number of aromatic nitrogens is 2. The van der Waals surface area contributed by atoms with Crippen LogP contribution < -0.4 is 0 Å². The summed E-state index contributed by atoms with van der Waals surface area (Å²) in [4.78, 5) is 14.2. The van der Waals surface area contributed by atoms with E-state index in [1.807, 2.05) is 18.7 Å². The van der Waals surface area contributed by atoms with Gasteiger partial charge in [-0.2, -0.15) is 5.10 Å². The van der Waals surface area contributed by atoms with Crippen LogP contribution in [-0.4, -0.2) is 50.5 Å². The molecule has 0 saturated carbocycles. The van der Waals surface area contributed by atoms with E-state index < -0.39 is 23.3 Å². The van der Waals surface area contributed by atoms with Crippen LogP contribution in [0.2, 0.25) is 0 Å². The number of aliphatic hydroxyl groups excluding tert-OH is 1. The molecule has 2 atom stereocenters. The molecule has 2 aromatic rings. The van der Waals surface area contributed by atoms with Crippen molar-refractivity contribution in [2.24, 2.45) is 5.41 Å². The summed E-state index contributed by atoms with van der Waals surface area (Å²) in [5.74, 6) is -1.46. The molecular formula is C19H24FN3O3. The van der Waals surface area contributed by atoms with Crippen molar-refractivity contribution in [1.29, 1.82) is 0 Å². The highest BCUT2D eigenvalue weighted by molar-refractivity contribution is 5.76. The average molecular weight is 361 g/mol. The molecule has 3 N–H and O–H groups in total. The van der Waals surface area contributed by atoms with Gasteiger partial charge in [-0.3, -0.25) is 14.8 Å². The first-order valence-corrected chi connectivity index (χ1v) is 8.70. The molecule has 0 unspecified atom stereocenters. The number of likely N-dealkylation sites (tertiary alicyclic amines) is 1. The Morgan fingerprint density at radius 1 is 1.46 bits per heavy atom. The van der Waals surface area contributed by atoms with E-state index >= 15 is 0 Å². The lowest BCUT2D eigenvalue weighted by Gasteiger charge is -2.43. The van der Waals surface area contributed by atoms with Crippen LogP contribution >= 0.6 is 0 Å². The number of halogens is 1. The number of H-pyrrole nitrogens is 1. The normalized spacial score (nSPS) is 23.9. The van der Waals surface area contributed by atoms with Crippen LogP contribution in [-0.2, 0) is 17.8 Å². The van der Waals surface area contributed by atoms with Gasteiger partial charge in [-0.05, 0) is 44.4 Å². The van der Waals surface area contributed by atoms with Crippen molar-refractivity contribution >= 4 is 5.97 Å². The zero-order valence-electron chi connectivity index (χ0n) is 15.0. The number of carbonyl (C=O) groups is 1. The van der Waals surface area contributed by atoms with E-state index in [9.17, 15) is 19.4 Å². The predicted octanol–water partition coefficient (Wildman–Crippen LogP) is 2.05. The van der Waals surface area contributed by atoms with E-state index in [0.717, 1.165) is 17.0 Å². The molecule has 1 aliphatic heterocycles. The first-order chi connectivity index (χ1) is 12.3. The Balaban J connectivity index is 1.86. The number of aryl methyl sites for hydroxylation is 2. The topological polar surface area (TPSA) is 89.5 Å². The minimum atomic E-state index is -1.36. The van der Waals surface area contributed by atoms with Gasteiger partial charge in [0.05, 0.1) is 11.8 Å². The third-order valence-electron chi connectivity index (χ3n) is 5.36. The first kappa shape index (κ1) is 18.5. The van der Waals surface area contributed by atoms with Gasteiger partial charge in [-0.25, -0.2) is 4.39 Å². The second-order valence-corrected chi connectivity index (χ2v) is 7.20. The Labute approximate surface area is 151 Å². The highest BCUT2D eigenvalue weighted by atomic mass is 19.1. The van der Waals surface area contributed by atoms with Gasteiger partial charge in [0.1, 0.15) is 11.2 Å². The number of nitrogens with one attached hydrogen (secondary N) is 1. The molecule has 1 aliphatic rings. The van der Waals surface area contributed by atoms with Gasteiger partial charge in [0.15, 0.2) is 0 Å². The quantitative estimate of drug-likeness (QED) is 0.758. The van der Waals surface area contributed by atoms with Crippen LogP contribution in [0, 0.1) is 25.1 Å². The third kappa shape index (κ3) is 3.50. The number of aliphatic hydroxyl groups is 1. The van der Waals surface area contributed by atoms with Gasteiger partial charge in [0.2, 0.25) is 0 Å². The molecule has 0 radical (unpaired) electrons. The lowest BCUT2D eigenvalue weighted by atomic mass is 9.72. The molecule has 1 aromatic heterocycles. The molecule has 2 heterocycles. The fraction of sp³-hybridized carbons (Fsp3) is 0.474. The van der Waals surface area contributed by atoms with Crippen LogP contribution in [0.25, 0.3) is 0 Å². The number of aliphatic carboxylic acids is 1. The number of nitrogens with zero attached hydrogens (tertiary/aromatic N) is 2. The lowest BCUT2D eigenvalue weighted by Crippen LogP contribution is -2.56. The Bertz CT molecular complexity index is 788. The Hall–Kier alpha value is -2.25. The summed E-state index contributed by atoms with van der Waals surface area (Å²) < 4.78 is 13.5. The van der Waals surface area contributed by atoms with Crippen molar-refractivity contribution in [1.82, 2.24) is 15.1 Å². The summed E-state index contributed by atoms with van der Waals surface area (Å²) in [5, 5.41) is 27.6. The summed E-state index contributed by atoms with van der Waals surface area (Å²) in [6.07, 6.45) is -0.537. The van der Waals surface area contributed by atoms with Crippen molar-refractivity contribution in [2.45, 2.75) is 39.3 Å². The summed E-state index contributed by atoms with van der Waals surface area (Å²) in [7, 11) is 0. The SMILES string of the molecule is Cc1n[nH]c(C)c1CN1CC[C@@H](O)[C@](Cc2cccc(F)c2)(C(=O)O)C1. The van der Waals surface area contributed by atoms with Crippen molar-refractivity contribution < 1.29 is 19.4 Å². The van der Waals surface area contributed by atoms with Crippen LogP contribution in [0.1, 0.15) is 28.9 Å². The fourth-order valence-corrected chi connectivity index (χ4v) is 3.80. The molecular weight excluding hydrogens is 337 g/mol. The summed E-state index contributed by atoms with van der Waals surface area (Å²) in [6.45, 7) is 5.21. The first-order valence-electron chi connectivity index (χ1n) is 8.70. The highest BCUT2D eigenvalue weighted by Gasteiger charge is 2.49. The number of benzene rings is 1. The number of carboxylic acids is 1. The summed E-state index contributed by atoms with van der Waals surface area (Å²) in [6, 6.07) is 5.92. The van der Waals surface area contributed by atoms with Gasteiger partial charge < -0.3 is 10.2 Å². The average Bonchev–Trinajstić information content (AvgIpc) is 2.89. The summed E-state index contributed by atoms with van der Waals surface area (Å²) in [5.41, 5.74) is 2.10. The number of hydrogen-bond acceptors (Lipinski definition) is 4. The van der Waals surface area contributed by atoms with Gasteiger partial charge in [0.25, 0.3) is 0 Å². The second-order valence-electron chi connectivity index (χ2n) is 7.20. The maximum absolute atomic E-state index is 13.5. The minimum Gasteiger partial charge on any atom is -0.481 e. The maximum atomic E-state index is 13.5. The standard InChI is InChI=1S/C19H24FN3O3/c1-12-16(13(2)22-21-12)10-23-7-6-17(24)19(11-23,18(25)26)9-14-4-3-5-15(20)8-14/h3-5,8,17,24H,6-7,9-11H2,1-2H3,(H,21,22)(H,25,26)/t17-,19-/m1/s1. The van der Waals surface area contributed by atoms with Gasteiger partial charge in [-0.15, -0.1) is 0 Å². The second kappa shape index (κ2) is 7.17. The number of rotatable bonds is 5. The van der Waals surface area contributed by atoms with Gasteiger partial charge in [0, 0.05) is 30.9 Å². The number of piperidine rings is 1. The molecule has 1 aromatic carbocycles. The molecule has 1 fully saturated rings. The van der Waals surface area contributed by atoms with E-state index in [1.54, 1.807) is 12.1 Å². The highest BCUT2D eigenvalue weighted by Crippen LogP contribution is 2.35. The molecule has 26 heavy (non-hydrogen) atoms. The molecule has 0 aliphatic carbocycles. The number of carboxylic acid groups (broad SMARTS) is 1. The minimum absolute atomic E-state index is 0.0844. The van der Waals surface area contributed by atoms with Crippen molar-refractivity contribution in [3.05, 3.63) is 52.6 Å². The largest absolute Gasteiger partial charge is 0.481 e. The zero-order chi connectivity index (χ0) is 18.9. The van der Waals surface area contributed by atoms with Crippen molar-refractivity contribution in [3.8, 4) is 0 Å². The third-order valence-corrected chi connectivity index (χ3v) is 5.36. The van der Waals surface area contributed by atoms with Crippen LogP contribution in [0.5, 0.6) is 0 Å². The van der Waals surface area contributed by atoms with E-state index in [1.165, 1.54) is 12.1 Å². The van der Waals surface area contributed by atoms with E-state index in [0.29, 0.717) is 25.1 Å². The maximum Gasteiger partial charge on any atom is 0.313 e. The summed E-state index contributed by atoms with van der Waals surface area (Å²) >= 11 is 0. The monoisotopic (exact) mass is 361 g/mol. The molecule has 0 spiro atoms. The zero-order valence-corrected chi connectivity index (χ0v) is 15.0. The lowest BCUT2D eigenvalue weighted by molar-refractivity contribution is -0.163. The molecule has 140 valence electrons. The van der Waals surface area contributed by atoms with Crippen molar-refractivity contribution in [3.63, 3.8) is 0 Å². The Kier molecular flexibility index (Phi) is 5.11. The van der Waals surface area contributed by atoms with Crippen molar-refractivity contribution in [2.75, 3.05) is 13.1 Å². The molecule has 7 heteroatoms. The number of hydrogen-bond donors (Lipinski definition) is 3. The van der Waals surface area contributed by atoms with Crippen LogP contribution in [0.3, 0.4) is 0 Å². The molecule has 1 saturated heterocycles. The van der Waals surface area contributed by atoms with Crippen LogP contribution in [0.4, 0.5) is 4.39 Å².